The molecule has 19 heavy (non-hydrogen) atoms. The molecule has 0 aromatic rings. The number of aliphatic carboxylic acids is 1. The minimum Gasteiger partial charge on any atom is -0.481 e. The maximum Gasteiger partial charge on any atom is 0.303 e. The van der Waals surface area contributed by atoms with Gasteiger partial charge in [0.15, 0.2) is 0 Å². The maximum atomic E-state index is 10.9. The molecule has 0 saturated carbocycles. The molecule has 0 radical (unpaired) electrons. The fraction of sp³-hybridized carbons (Fsp3) is 0.933. The van der Waals surface area contributed by atoms with Crippen LogP contribution in [0.2, 0.25) is 0 Å². The zero-order valence-electron chi connectivity index (χ0n) is 12.5. The van der Waals surface area contributed by atoms with E-state index in [0.29, 0.717) is 30.3 Å². The number of carboxylic acid groups (broad SMARTS) is 1. The SMILES string of the molecule is CC(CC(=O)O)C1CCCN(C2CC(C)N(C)C2)C1. The van der Waals surface area contributed by atoms with E-state index in [1.54, 1.807) is 0 Å². The van der Waals surface area contributed by atoms with Crippen LogP contribution < -0.4 is 0 Å². The molecule has 2 rings (SSSR count). The summed E-state index contributed by atoms with van der Waals surface area (Å²) in [5, 5.41) is 8.94. The second-order valence-corrected chi connectivity index (χ2v) is 6.65. The summed E-state index contributed by atoms with van der Waals surface area (Å²) in [6, 6.07) is 1.36. The number of hydrogen-bond acceptors (Lipinski definition) is 3. The summed E-state index contributed by atoms with van der Waals surface area (Å²) in [5.41, 5.74) is 0. The molecule has 1 N–H and O–H groups in total. The van der Waals surface area contributed by atoms with Crippen molar-refractivity contribution in [3.63, 3.8) is 0 Å². The number of likely N-dealkylation sites (tertiary alicyclic amines) is 2. The zero-order chi connectivity index (χ0) is 14.0. The van der Waals surface area contributed by atoms with Gasteiger partial charge < -0.3 is 10.0 Å². The van der Waals surface area contributed by atoms with Crippen molar-refractivity contribution in [3.05, 3.63) is 0 Å². The van der Waals surface area contributed by atoms with Crippen molar-refractivity contribution in [2.24, 2.45) is 11.8 Å². The van der Waals surface area contributed by atoms with Crippen molar-refractivity contribution in [2.45, 2.75) is 51.6 Å². The molecule has 0 bridgehead atoms. The first-order valence-electron chi connectivity index (χ1n) is 7.63. The monoisotopic (exact) mass is 268 g/mol. The van der Waals surface area contributed by atoms with Crippen LogP contribution in [0, 0.1) is 11.8 Å². The fourth-order valence-corrected chi connectivity index (χ4v) is 3.70. The van der Waals surface area contributed by atoms with Crippen molar-refractivity contribution in [1.29, 1.82) is 0 Å². The average molecular weight is 268 g/mol. The van der Waals surface area contributed by atoms with Gasteiger partial charge in [0.1, 0.15) is 0 Å². The molecule has 2 aliphatic rings. The molecule has 4 atom stereocenters. The third-order valence-electron chi connectivity index (χ3n) is 5.17. The van der Waals surface area contributed by atoms with Gasteiger partial charge in [-0.05, 0) is 51.6 Å². The van der Waals surface area contributed by atoms with Crippen LogP contribution in [-0.4, -0.2) is 59.6 Å². The van der Waals surface area contributed by atoms with Crippen LogP contribution >= 0.6 is 0 Å². The van der Waals surface area contributed by atoms with Crippen molar-refractivity contribution >= 4 is 5.97 Å². The fourth-order valence-electron chi connectivity index (χ4n) is 3.70. The molecule has 0 aromatic carbocycles. The van der Waals surface area contributed by atoms with E-state index >= 15 is 0 Å². The summed E-state index contributed by atoms with van der Waals surface area (Å²) in [7, 11) is 2.21. The van der Waals surface area contributed by atoms with E-state index < -0.39 is 5.97 Å². The van der Waals surface area contributed by atoms with E-state index in [4.69, 9.17) is 5.11 Å². The average Bonchev–Trinajstić information content (AvgIpc) is 2.69. The Hall–Kier alpha value is -0.610. The van der Waals surface area contributed by atoms with Gasteiger partial charge in [0, 0.05) is 31.6 Å². The number of likely N-dealkylation sites (N-methyl/N-ethyl adjacent to an activating group) is 1. The molecule has 4 unspecified atom stereocenters. The Labute approximate surface area is 116 Å². The summed E-state index contributed by atoms with van der Waals surface area (Å²) in [6.07, 6.45) is 4.00. The molecule has 0 amide bonds. The van der Waals surface area contributed by atoms with Gasteiger partial charge in [-0.3, -0.25) is 9.69 Å². The van der Waals surface area contributed by atoms with Crippen molar-refractivity contribution in [1.82, 2.24) is 9.80 Å². The standard InChI is InChI=1S/C15H28N2O2/c1-11(7-15(18)19)13-5-4-6-17(9-13)14-8-12(2)16(3)10-14/h11-14H,4-10H2,1-3H3,(H,18,19). The molecule has 2 saturated heterocycles. The smallest absolute Gasteiger partial charge is 0.303 e. The number of rotatable bonds is 4. The molecule has 0 aromatic heterocycles. The zero-order valence-corrected chi connectivity index (χ0v) is 12.5. The highest BCUT2D eigenvalue weighted by molar-refractivity contribution is 5.67. The van der Waals surface area contributed by atoms with E-state index in [1.165, 1.54) is 32.4 Å². The van der Waals surface area contributed by atoms with Crippen LogP contribution in [0.3, 0.4) is 0 Å². The highest BCUT2D eigenvalue weighted by Gasteiger charge is 2.34. The Morgan fingerprint density at radius 1 is 1.42 bits per heavy atom. The lowest BCUT2D eigenvalue weighted by Gasteiger charge is -2.38. The second kappa shape index (κ2) is 6.23. The first-order chi connectivity index (χ1) is 8.97. The van der Waals surface area contributed by atoms with E-state index in [2.05, 4.69) is 30.7 Å². The molecular formula is C15H28N2O2. The van der Waals surface area contributed by atoms with Crippen molar-refractivity contribution in [2.75, 3.05) is 26.7 Å². The van der Waals surface area contributed by atoms with Gasteiger partial charge in [0.25, 0.3) is 0 Å². The summed E-state index contributed by atoms with van der Waals surface area (Å²) < 4.78 is 0. The molecule has 0 spiro atoms. The highest BCUT2D eigenvalue weighted by atomic mass is 16.4. The first-order valence-corrected chi connectivity index (χ1v) is 7.63. The lowest BCUT2D eigenvalue weighted by atomic mass is 9.84. The Morgan fingerprint density at radius 2 is 2.16 bits per heavy atom. The molecule has 4 nitrogen and oxygen atoms in total. The van der Waals surface area contributed by atoms with Crippen LogP contribution in [0.15, 0.2) is 0 Å². The summed E-state index contributed by atoms with van der Waals surface area (Å²) in [6.45, 7) is 7.86. The quantitative estimate of drug-likeness (QED) is 0.846. The number of hydrogen-bond donors (Lipinski definition) is 1. The van der Waals surface area contributed by atoms with Crippen LogP contribution in [0.4, 0.5) is 0 Å². The predicted octanol–water partition coefficient (Wildman–Crippen LogP) is 1.90. The number of carboxylic acids is 1. The molecular weight excluding hydrogens is 240 g/mol. The first kappa shape index (κ1) is 14.8. The molecule has 4 heteroatoms. The molecule has 0 aliphatic carbocycles. The lowest BCUT2D eigenvalue weighted by molar-refractivity contribution is -0.138. The van der Waals surface area contributed by atoms with Crippen LogP contribution in [0.5, 0.6) is 0 Å². The van der Waals surface area contributed by atoms with Crippen molar-refractivity contribution < 1.29 is 9.90 Å². The van der Waals surface area contributed by atoms with Gasteiger partial charge in [-0.25, -0.2) is 0 Å². The van der Waals surface area contributed by atoms with E-state index in [1.807, 2.05) is 0 Å². The van der Waals surface area contributed by atoms with Gasteiger partial charge >= 0.3 is 5.97 Å². The van der Waals surface area contributed by atoms with Gasteiger partial charge in [0.2, 0.25) is 0 Å². The Bertz CT molecular complexity index is 311. The summed E-state index contributed by atoms with van der Waals surface area (Å²) in [5.74, 6) is 0.210. The Balaban J connectivity index is 1.88. The summed E-state index contributed by atoms with van der Waals surface area (Å²) in [4.78, 5) is 15.9. The summed E-state index contributed by atoms with van der Waals surface area (Å²) >= 11 is 0. The molecule has 110 valence electrons. The van der Waals surface area contributed by atoms with Crippen LogP contribution in [0.25, 0.3) is 0 Å². The van der Waals surface area contributed by atoms with Gasteiger partial charge in [0.05, 0.1) is 0 Å². The predicted molar refractivity (Wildman–Crippen MR) is 76.2 cm³/mol. The van der Waals surface area contributed by atoms with E-state index in [0.717, 1.165) is 6.54 Å². The maximum absolute atomic E-state index is 10.9. The van der Waals surface area contributed by atoms with Gasteiger partial charge in [-0.1, -0.05) is 6.92 Å². The normalized spacial score (nSPS) is 35.4. The number of piperidine rings is 1. The number of carbonyl (C=O) groups is 1. The van der Waals surface area contributed by atoms with Crippen molar-refractivity contribution in [3.8, 4) is 0 Å². The lowest BCUT2D eigenvalue weighted by Crippen LogP contribution is -2.45. The number of nitrogens with zero attached hydrogens (tertiary/aromatic N) is 2. The van der Waals surface area contributed by atoms with Gasteiger partial charge in [-0.2, -0.15) is 0 Å². The van der Waals surface area contributed by atoms with E-state index in [-0.39, 0.29) is 0 Å². The largest absolute Gasteiger partial charge is 0.481 e. The minimum absolute atomic E-state index is 0.303. The minimum atomic E-state index is -0.654. The van der Waals surface area contributed by atoms with Gasteiger partial charge in [-0.15, -0.1) is 0 Å². The van der Waals surface area contributed by atoms with Crippen LogP contribution in [-0.2, 0) is 4.79 Å². The third kappa shape index (κ3) is 3.69. The second-order valence-electron chi connectivity index (χ2n) is 6.65. The highest BCUT2D eigenvalue weighted by Crippen LogP contribution is 2.30. The third-order valence-corrected chi connectivity index (χ3v) is 5.17. The Morgan fingerprint density at radius 3 is 2.74 bits per heavy atom. The molecule has 2 fully saturated rings. The van der Waals surface area contributed by atoms with Crippen LogP contribution in [0.1, 0.15) is 39.5 Å². The topological polar surface area (TPSA) is 43.8 Å². The Kier molecular flexibility index (Phi) is 4.85. The molecule has 2 heterocycles. The molecule has 2 aliphatic heterocycles. The van der Waals surface area contributed by atoms with E-state index in [9.17, 15) is 4.79 Å².